The number of hydrogen-bond donors (Lipinski definition) is 1. The molecule has 2 aliphatic rings. The summed E-state index contributed by atoms with van der Waals surface area (Å²) in [7, 11) is 2.10. The zero-order valence-corrected chi connectivity index (χ0v) is 16.5. The largest absolute Gasteiger partial charge is 0.349 e. The number of nitrogens with zero attached hydrogens (tertiary/aromatic N) is 2. The van der Waals surface area contributed by atoms with Crippen molar-refractivity contribution in [3.63, 3.8) is 0 Å². The van der Waals surface area contributed by atoms with E-state index in [2.05, 4.69) is 38.9 Å². The number of fused-ring (bicyclic) bond motifs is 2. The molecule has 1 aromatic carbocycles. The third-order valence-electron chi connectivity index (χ3n) is 5.66. The summed E-state index contributed by atoms with van der Waals surface area (Å²) in [5.74, 6) is 0.0756. The highest BCUT2D eigenvalue weighted by atomic mass is 79.9. The molecular weight excluding hydrogens is 378 g/mol. The van der Waals surface area contributed by atoms with E-state index in [1.807, 2.05) is 30.9 Å². The van der Waals surface area contributed by atoms with E-state index in [9.17, 15) is 4.79 Å². The number of likely N-dealkylation sites (N-methyl/N-ethyl adjacent to an activating group) is 1. The standard InChI is InChI=1S/C20H24BrN3O/c1-4-24(5-2)20(25)12-9-14-13-7-6-8-16-18(13)15(19(21)22-16)10-17(14)23(3)11-12/h6-9,12,17,22H,4-5,10-11H2,1-3H3/t12-,17-/m1/s1/i6D. The summed E-state index contributed by atoms with van der Waals surface area (Å²) in [5, 5.41) is 1.19. The fourth-order valence-electron chi connectivity index (χ4n) is 4.35. The Morgan fingerprint density at radius 2 is 2.20 bits per heavy atom. The normalized spacial score (nSPS) is 23.2. The Balaban J connectivity index is 1.86. The second-order valence-electron chi connectivity index (χ2n) is 6.97. The molecule has 0 unspecified atom stereocenters. The quantitative estimate of drug-likeness (QED) is 0.850. The Morgan fingerprint density at radius 1 is 1.44 bits per heavy atom. The zero-order chi connectivity index (χ0) is 18.6. The number of H-pyrrole nitrogens is 1. The molecule has 4 nitrogen and oxygen atoms in total. The van der Waals surface area contributed by atoms with E-state index in [1.54, 1.807) is 0 Å². The van der Waals surface area contributed by atoms with Gasteiger partial charge in [-0.05, 0) is 66.0 Å². The van der Waals surface area contributed by atoms with Crippen LogP contribution in [0.4, 0.5) is 0 Å². The molecule has 132 valence electrons. The molecule has 0 saturated carbocycles. The maximum absolute atomic E-state index is 12.9. The van der Waals surface area contributed by atoms with Gasteiger partial charge in [-0.25, -0.2) is 0 Å². The number of nitrogens with one attached hydrogen (secondary N) is 1. The highest BCUT2D eigenvalue weighted by Crippen LogP contribution is 2.43. The molecule has 1 aromatic heterocycles. The Bertz CT molecular complexity index is 915. The van der Waals surface area contributed by atoms with Crippen LogP contribution in [0.1, 0.15) is 26.3 Å². The monoisotopic (exact) mass is 402 g/mol. The van der Waals surface area contributed by atoms with Gasteiger partial charge in [0.15, 0.2) is 0 Å². The van der Waals surface area contributed by atoms with Gasteiger partial charge in [0.25, 0.3) is 0 Å². The van der Waals surface area contributed by atoms with Gasteiger partial charge in [-0.3, -0.25) is 9.69 Å². The molecule has 0 saturated heterocycles. The van der Waals surface area contributed by atoms with E-state index < -0.39 is 0 Å². The van der Waals surface area contributed by atoms with Crippen LogP contribution in [0.15, 0.2) is 28.9 Å². The SMILES string of the molecule is [2H]c1cc2c3c(c(Br)[nH]c3c1)C[C@@H]1C2=C[C@@H](C(=O)N(CC)CC)CN1C. The van der Waals surface area contributed by atoms with Crippen LogP contribution in [-0.2, 0) is 11.2 Å². The van der Waals surface area contributed by atoms with Crippen LogP contribution in [0, 0.1) is 5.92 Å². The molecule has 2 atom stereocenters. The number of halogens is 1. The second-order valence-corrected chi connectivity index (χ2v) is 7.77. The van der Waals surface area contributed by atoms with Crippen LogP contribution in [0.2, 0.25) is 0 Å². The van der Waals surface area contributed by atoms with Gasteiger partial charge in [0, 0.05) is 36.6 Å². The average Bonchev–Trinajstić information content (AvgIpc) is 2.92. The molecule has 4 rings (SSSR count). The molecule has 1 aliphatic heterocycles. The lowest BCUT2D eigenvalue weighted by molar-refractivity contribution is -0.134. The third-order valence-corrected chi connectivity index (χ3v) is 6.34. The summed E-state index contributed by atoms with van der Waals surface area (Å²) in [5.41, 5.74) is 4.57. The van der Waals surface area contributed by atoms with Gasteiger partial charge < -0.3 is 9.88 Å². The van der Waals surface area contributed by atoms with Gasteiger partial charge in [-0.15, -0.1) is 0 Å². The number of carbonyl (C=O) groups excluding carboxylic acids is 1. The van der Waals surface area contributed by atoms with E-state index in [1.165, 1.54) is 16.5 Å². The minimum atomic E-state index is -0.125. The highest BCUT2D eigenvalue weighted by molar-refractivity contribution is 9.10. The Labute approximate surface area is 158 Å². The first-order valence-electron chi connectivity index (χ1n) is 9.46. The average molecular weight is 403 g/mol. The number of hydrogen-bond acceptors (Lipinski definition) is 2. The maximum atomic E-state index is 12.9. The van der Waals surface area contributed by atoms with Crippen molar-refractivity contribution < 1.29 is 6.17 Å². The summed E-state index contributed by atoms with van der Waals surface area (Å²) in [6, 6.07) is 4.57. The molecule has 0 bridgehead atoms. The van der Waals surface area contributed by atoms with Crippen LogP contribution >= 0.6 is 15.9 Å². The summed E-state index contributed by atoms with van der Waals surface area (Å²) in [4.78, 5) is 20.5. The number of benzene rings is 1. The first-order chi connectivity index (χ1) is 12.4. The van der Waals surface area contributed by atoms with Crippen molar-refractivity contribution in [3.8, 4) is 0 Å². The van der Waals surface area contributed by atoms with Gasteiger partial charge in [0.2, 0.25) is 5.91 Å². The molecule has 1 N–H and O–H groups in total. The fourth-order valence-corrected chi connectivity index (χ4v) is 4.92. The molecule has 1 amide bonds. The van der Waals surface area contributed by atoms with Crippen LogP contribution in [0.3, 0.4) is 0 Å². The topological polar surface area (TPSA) is 39.3 Å². The number of aromatic amines is 1. The van der Waals surface area contributed by atoms with Gasteiger partial charge in [0.1, 0.15) is 0 Å². The molecule has 25 heavy (non-hydrogen) atoms. The first kappa shape index (κ1) is 15.6. The lowest BCUT2D eigenvalue weighted by Crippen LogP contribution is -2.47. The predicted octanol–water partition coefficient (Wildman–Crippen LogP) is 3.67. The van der Waals surface area contributed by atoms with Crippen molar-refractivity contribution in [1.82, 2.24) is 14.8 Å². The van der Waals surface area contributed by atoms with E-state index in [4.69, 9.17) is 1.37 Å². The van der Waals surface area contributed by atoms with Crippen molar-refractivity contribution in [2.75, 3.05) is 26.7 Å². The van der Waals surface area contributed by atoms with Crippen molar-refractivity contribution in [2.45, 2.75) is 26.3 Å². The molecular formula is C20H24BrN3O. The Kier molecular flexibility index (Phi) is 3.94. The molecule has 0 spiro atoms. The fraction of sp³-hybridized carbons (Fsp3) is 0.450. The maximum Gasteiger partial charge on any atom is 0.230 e. The number of rotatable bonds is 3. The molecule has 2 aromatic rings. The van der Waals surface area contributed by atoms with Gasteiger partial charge >= 0.3 is 0 Å². The molecule has 0 fully saturated rings. The first-order valence-corrected chi connectivity index (χ1v) is 9.75. The van der Waals surface area contributed by atoms with E-state index in [0.29, 0.717) is 6.04 Å². The van der Waals surface area contributed by atoms with Gasteiger partial charge in [-0.1, -0.05) is 18.2 Å². The zero-order valence-electron chi connectivity index (χ0n) is 15.9. The molecule has 0 radical (unpaired) electrons. The smallest absolute Gasteiger partial charge is 0.230 e. The van der Waals surface area contributed by atoms with Gasteiger partial charge in [0.05, 0.1) is 11.9 Å². The van der Waals surface area contributed by atoms with Crippen molar-refractivity contribution in [1.29, 1.82) is 0 Å². The molecule has 1 aliphatic carbocycles. The van der Waals surface area contributed by atoms with Crippen LogP contribution in [-0.4, -0.2) is 53.4 Å². The summed E-state index contributed by atoms with van der Waals surface area (Å²) >= 11 is 3.66. The van der Waals surface area contributed by atoms with Crippen molar-refractivity contribution >= 4 is 38.3 Å². The number of carbonyl (C=O) groups is 1. The predicted molar refractivity (Wildman–Crippen MR) is 106 cm³/mol. The lowest BCUT2D eigenvalue weighted by atomic mass is 9.79. The Hall–Kier alpha value is -1.59. The van der Waals surface area contributed by atoms with E-state index >= 15 is 0 Å². The minimum Gasteiger partial charge on any atom is -0.349 e. The van der Waals surface area contributed by atoms with Crippen molar-refractivity contribution in [2.24, 2.45) is 5.92 Å². The number of amides is 1. The summed E-state index contributed by atoms with van der Waals surface area (Å²) in [6.07, 6.45) is 3.09. The molecule has 2 heterocycles. The van der Waals surface area contributed by atoms with E-state index in [0.717, 1.165) is 41.7 Å². The Morgan fingerprint density at radius 3 is 2.92 bits per heavy atom. The van der Waals surface area contributed by atoms with Gasteiger partial charge in [-0.2, -0.15) is 0 Å². The van der Waals surface area contributed by atoms with E-state index in [-0.39, 0.29) is 17.9 Å². The summed E-state index contributed by atoms with van der Waals surface area (Å²) in [6.45, 7) is 6.28. The van der Waals surface area contributed by atoms with Crippen LogP contribution in [0.25, 0.3) is 16.5 Å². The van der Waals surface area contributed by atoms with Crippen molar-refractivity contribution in [3.05, 3.63) is 40.0 Å². The molecule has 5 heteroatoms. The minimum absolute atomic E-state index is 0.125. The number of aromatic nitrogens is 1. The van der Waals surface area contributed by atoms with Crippen LogP contribution in [0.5, 0.6) is 0 Å². The second kappa shape index (κ2) is 6.29. The van der Waals surface area contributed by atoms with Crippen LogP contribution < -0.4 is 0 Å². The summed E-state index contributed by atoms with van der Waals surface area (Å²) < 4.78 is 9.20. The third kappa shape index (κ3) is 2.56. The highest BCUT2D eigenvalue weighted by Gasteiger charge is 2.37. The lowest BCUT2D eigenvalue weighted by Gasteiger charge is -2.40.